The molecule has 8 nitrogen and oxygen atoms in total. The van der Waals surface area contributed by atoms with Gasteiger partial charge in [-0.1, -0.05) is 29.3 Å². The van der Waals surface area contributed by atoms with Crippen LogP contribution in [0.2, 0.25) is 10.0 Å². The molecule has 2 amide bonds. The second-order valence-electron chi connectivity index (χ2n) is 8.85. The Hall–Kier alpha value is -2.92. The van der Waals surface area contributed by atoms with E-state index in [1.807, 2.05) is 0 Å². The van der Waals surface area contributed by atoms with Crippen molar-refractivity contribution in [3.05, 3.63) is 61.1 Å². The highest BCUT2D eigenvalue weighted by Crippen LogP contribution is 2.40. The van der Waals surface area contributed by atoms with E-state index in [1.54, 1.807) is 51.3 Å². The molecule has 2 heterocycles. The van der Waals surface area contributed by atoms with Gasteiger partial charge in [-0.3, -0.25) is 14.4 Å². The molecular weight excluding hydrogens is 557 g/mol. The number of nitrogens with zero attached hydrogens (tertiary/aromatic N) is 1. The minimum absolute atomic E-state index is 0.0142. The highest BCUT2D eigenvalue weighted by Gasteiger charge is 2.19. The summed E-state index contributed by atoms with van der Waals surface area (Å²) in [4.78, 5) is 37.8. The number of hydrogen-bond acceptors (Lipinski definition) is 8. The molecule has 2 aromatic heterocycles. The van der Waals surface area contributed by atoms with E-state index in [9.17, 15) is 19.5 Å². The number of carbonyl (C=O) groups is 3. The van der Waals surface area contributed by atoms with Crippen LogP contribution in [0.25, 0.3) is 10.4 Å². The van der Waals surface area contributed by atoms with Crippen molar-refractivity contribution in [2.24, 2.45) is 5.10 Å². The van der Waals surface area contributed by atoms with Gasteiger partial charge in [0.25, 0.3) is 11.8 Å². The van der Waals surface area contributed by atoms with Crippen LogP contribution >= 0.6 is 45.9 Å². The van der Waals surface area contributed by atoms with Crippen molar-refractivity contribution in [3.8, 4) is 16.2 Å². The van der Waals surface area contributed by atoms with Gasteiger partial charge in [-0.05, 0) is 57.5 Å². The lowest BCUT2D eigenvalue weighted by Gasteiger charge is -2.19. The number of aromatic hydroxyl groups is 1. The Bertz CT molecular complexity index is 1360. The molecule has 0 spiro atoms. The third-order valence-electron chi connectivity index (χ3n) is 4.75. The highest BCUT2D eigenvalue weighted by atomic mass is 35.5. The maximum absolute atomic E-state index is 12.5. The number of esters is 1. The van der Waals surface area contributed by atoms with Crippen LogP contribution < -0.4 is 10.7 Å². The van der Waals surface area contributed by atoms with Crippen molar-refractivity contribution in [3.63, 3.8) is 0 Å². The summed E-state index contributed by atoms with van der Waals surface area (Å²) in [5.74, 6) is -1.30. The van der Waals surface area contributed by atoms with Crippen LogP contribution in [0.5, 0.6) is 5.75 Å². The first-order valence-electron chi connectivity index (χ1n) is 11.1. The van der Waals surface area contributed by atoms with Crippen molar-refractivity contribution >= 4 is 69.4 Å². The van der Waals surface area contributed by atoms with E-state index in [0.717, 1.165) is 11.3 Å². The van der Waals surface area contributed by atoms with Crippen LogP contribution in [0, 0.1) is 0 Å². The minimum atomic E-state index is -0.590. The number of nitrogens with one attached hydrogen (secondary N) is 2. The summed E-state index contributed by atoms with van der Waals surface area (Å²) in [6.07, 6.45) is 0.0396. The Labute approximate surface area is 232 Å². The molecule has 0 aliphatic carbocycles. The number of rotatable bonds is 8. The summed E-state index contributed by atoms with van der Waals surface area (Å²) >= 11 is 14.3. The van der Waals surface area contributed by atoms with Gasteiger partial charge in [0.1, 0.15) is 11.4 Å². The highest BCUT2D eigenvalue weighted by molar-refractivity contribution is 7.16. The first-order valence-corrected chi connectivity index (χ1v) is 13.5. The molecule has 3 N–H and O–H groups in total. The van der Waals surface area contributed by atoms with Crippen LogP contribution in [0.3, 0.4) is 0 Å². The van der Waals surface area contributed by atoms with E-state index in [0.29, 0.717) is 36.6 Å². The number of thiophene rings is 2. The maximum atomic E-state index is 12.5. The van der Waals surface area contributed by atoms with Crippen molar-refractivity contribution in [1.82, 2.24) is 10.7 Å². The summed E-state index contributed by atoms with van der Waals surface area (Å²) in [6, 6.07) is 8.09. The van der Waals surface area contributed by atoms with E-state index < -0.39 is 23.4 Å². The Balaban J connectivity index is 1.58. The zero-order valence-electron chi connectivity index (χ0n) is 20.5. The number of benzene rings is 1. The van der Waals surface area contributed by atoms with Crippen molar-refractivity contribution in [2.45, 2.75) is 39.7 Å². The lowest BCUT2D eigenvalue weighted by molar-refractivity contribution is -0.154. The Kier molecular flexibility index (Phi) is 9.36. The van der Waals surface area contributed by atoms with Crippen LogP contribution in [-0.2, 0) is 9.53 Å². The van der Waals surface area contributed by atoms with Crippen molar-refractivity contribution in [1.29, 1.82) is 0 Å². The third-order valence-corrected chi connectivity index (χ3v) is 7.59. The molecule has 0 unspecified atom stereocenters. The summed E-state index contributed by atoms with van der Waals surface area (Å²) in [5, 5.41) is 19.9. The van der Waals surface area contributed by atoms with Gasteiger partial charge >= 0.3 is 5.97 Å². The van der Waals surface area contributed by atoms with E-state index in [1.165, 1.54) is 23.5 Å². The molecule has 0 saturated heterocycles. The third kappa shape index (κ3) is 7.78. The molecule has 0 aliphatic heterocycles. The molecular formula is C25H25Cl2N3O5S2. The lowest BCUT2D eigenvalue weighted by Crippen LogP contribution is -2.29. The number of amides is 2. The SMILES string of the molecule is CC(=NNC(=O)c1ccc(C(=O)NCCC(=O)OC(C)(C)C)s1)c1csc(-c2ccc(Cl)c(Cl)c2)c1O. The van der Waals surface area contributed by atoms with Crippen LogP contribution in [0.1, 0.15) is 59.0 Å². The largest absolute Gasteiger partial charge is 0.506 e. The predicted molar refractivity (Wildman–Crippen MR) is 148 cm³/mol. The van der Waals surface area contributed by atoms with Gasteiger partial charge in [0.2, 0.25) is 0 Å². The first kappa shape index (κ1) is 28.6. The smallest absolute Gasteiger partial charge is 0.308 e. The Morgan fingerprint density at radius 2 is 1.73 bits per heavy atom. The topological polar surface area (TPSA) is 117 Å². The molecule has 0 aliphatic rings. The monoisotopic (exact) mass is 581 g/mol. The number of ether oxygens (including phenoxy) is 1. The van der Waals surface area contributed by atoms with E-state index in [4.69, 9.17) is 27.9 Å². The Morgan fingerprint density at radius 1 is 1.05 bits per heavy atom. The molecule has 0 saturated carbocycles. The average molecular weight is 583 g/mol. The fourth-order valence-corrected chi connectivity index (χ4v) is 5.15. The normalized spacial score (nSPS) is 11.8. The van der Waals surface area contributed by atoms with Crippen molar-refractivity contribution < 1.29 is 24.2 Å². The predicted octanol–water partition coefficient (Wildman–Crippen LogP) is 6.10. The van der Waals surface area contributed by atoms with Crippen molar-refractivity contribution in [2.75, 3.05) is 6.54 Å². The number of halogens is 2. The lowest BCUT2D eigenvalue weighted by atomic mass is 10.1. The molecule has 3 rings (SSSR count). The molecule has 37 heavy (non-hydrogen) atoms. The van der Waals surface area contributed by atoms with Gasteiger partial charge in [-0.15, -0.1) is 22.7 Å². The van der Waals surface area contributed by atoms with E-state index in [2.05, 4.69) is 15.8 Å². The van der Waals surface area contributed by atoms with Gasteiger partial charge < -0.3 is 15.2 Å². The summed E-state index contributed by atoms with van der Waals surface area (Å²) in [5.41, 5.74) is 3.41. The zero-order chi connectivity index (χ0) is 27.3. The summed E-state index contributed by atoms with van der Waals surface area (Å²) < 4.78 is 5.20. The van der Waals surface area contributed by atoms with Crippen LogP contribution in [-0.4, -0.2) is 40.7 Å². The van der Waals surface area contributed by atoms with Gasteiger partial charge in [-0.25, -0.2) is 5.43 Å². The number of hydrogen-bond donors (Lipinski definition) is 3. The zero-order valence-corrected chi connectivity index (χ0v) is 23.6. The number of carbonyl (C=O) groups excluding carboxylic acids is 3. The average Bonchev–Trinajstić information content (AvgIpc) is 3.45. The summed E-state index contributed by atoms with van der Waals surface area (Å²) in [7, 11) is 0. The van der Waals surface area contributed by atoms with Gasteiger partial charge in [0.15, 0.2) is 0 Å². The molecule has 196 valence electrons. The number of hydrazone groups is 1. The quantitative estimate of drug-likeness (QED) is 0.169. The fraction of sp³-hybridized carbons (Fsp3) is 0.280. The maximum Gasteiger partial charge on any atom is 0.308 e. The molecule has 3 aromatic rings. The fourth-order valence-electron chi connectivity index (χ4n) is 3.04. The molecule has 12 heteroatoms. The Morgan fingerprint density at radius 3 is 2.38 bits per heavy atom. The second-order valence-corrected chi connectivity index (χ2v) is 11.6. The molecule has 0 radical (unpaired) electrons. The second kappa shape index (κ2) is 12.1. The molecule has 0 bridgehead atoms. The molecule has 1 aromatic carbocycles. The first-order chi connectivity index (χ1) is 17.4. The van der Waals surface area contributed by atoms with Gasteiger partial charge in [0.05, 0.1) is 42.4 Å². The summed E-state index contributed by atoms with van der Waals surface area (Å²) in [6.45, 7) is 7.08. The van der Waals surface area contributed by atoms with Gasteiger partial charge in [0, 0.05) is 11.9 Å². The van der Waals surface area contributed by atoms with Gasteiger partial charge in [-0.2, -0.15) is 5.10 Å². The van der Waals surface area contributed by atoms with E-state index >= 15 is 0 Å². The minimum Gasteiger partial charge on any atom is -0.506 e. The van der Waals surface area contributed by atoms with E-state index in [-0.39, 0.29) is 23.6 Å². The van der Waals surface area contributed by atoms with Crippen LogP contribution in [0.4, 0.5) is 0 Å². The standard InChI is InChI=1S/C25H25Cl2N3O5S2/c1-13(15-12-36-22(21(15)32)14-5-6-16(26)17(27)11-14)29-30-24(34)19-8-7-18(37-19)23(33)28-10-9-20(31)35-25(2,3)4/h5-8,11-12,32H,9-10H2,1-4H3,(H,28,33)(H,30,34). The molecule has 0 atom stereocenters. The molecule has 0 fully saturated rings. The van der Waals surface area contributed by atoms with Crippen LogP contribution in [0.15, 0.2) is 40.8 Å².